The van der Waals surface area contributed by atoms with Crippen LogP contribution in [0.2, 0.25) is 0 Å². The lowest BCUT2D eigenvalue weighted by Gasteiger charge is -2.38. The summed E-state index contributed by atoms with van der Waals surface area (Å²) in [5.74, 6) is -1.54. The third-order valence-corrected chi connectivity index (χ3v) is 3.68. The molecule has 0 aromatic carbocycles. The van der Waals surface area contributed by atoms with E-state index in [9.17, 15) is 14.4 Å². The molecule has 0 aromatic rings. The molecule has 7 nitrogen and oxygen atoms in total. The van der Waals surface area contributed by atoms with Crippen LogP contribution in [0.5, 0.6) is 0 Å². The van der Waals surface area contributed by atoms with Gasteiger partial charge in [-0.2, -0.15) is 0 Å². The van der Waals surface area contributed by atoms with Crippen LogP contribution in [0.25, 0.3) is 0 Å². The maximum Gasteiger partial charge on any atom is 0.319 e. The molecule has 0 saturated carbocycles. The Hall–Kier alpha value is -1.79. The van der Waals surface area contributed by atoms with Gasteiger partial charge in [0.1, 0.15) is 0 Å². The van der Waals surface area contributed by atoms with Gasteiger partial charge >= 0.3 is 18.0 Å². The van der Waals surface area contributed by atoms with Gasteiger partial charge in [0.25, 0.3) is 0 Å². The topological polar surface area (TPSA) is 87.2 Å². The fourth-order valence-corrected chi connectivity index (χ4v) is 2.36. The van der Waals surface area contributed by atoms with Crippen LogP contribution < -0.4 is 0 Å². The zero-order chi connectivity index (χ0) is 15.3. The maximum atomic E-state index is 12.2. The summed E-state index contributed by atoms with van der Waals surface area (Å²) in [4.78, 5) is 37.4. The molecule has 1 saturated heterocycles. The average molecular weight is 286 g/mol. The van der Waals surface area contributed by atoms with Gasteiger partial charge in [-0.3, -0.25) is 9.59 Å². The van der Waals surface area contributed by atoms with E-state index in [1.54, 1.807) is 11.9 Å². The summed E-state index contributed by atoms with van der Waals surface area (Å²) in [5, 5.41) is 9.00. The molecular weight excluding hydrogens is 264 g/mol. The van der Waals surface area contributed by atoms with Gasteiger partial charge in [0.15, 0.2) is 0 Å². The molecule has 1 aliphatic heterocycles. The van der Waals surface area contributed by atoms with Crippen molar-refractivity contribution in [2.24, 2.45) is 5.92 Å². The molecule has 0 bridgehead atoms. The number of rotatable bonds is 4. The van der Waals surface area contributed by atoms with E-state index in [4.69, 9.17) is 5.11 Å². The molecule has 0 aromatic heterocycles. The number of esters is 1. The summed E-state index contributed by atoms with van der Waals surface area (Å²) in [5.41, 5.74) is 0. The number of urea groups is 1. The third kappa shape index (κ3) is 4.11. The average Bonchev–Trinajstić information content (AvgIpc) is 2.43. The first kappa shape index (κ1) is 16.3. The van der Waals surface area contributed by atoms with Crippen LogP contribution in [0.4, 0.5) is 4.79 Å². The number of aliphatic carboxylic acids is 1. The summed E-state index contributed by atoms with van der Waals surface area (Å²) in [6.45, 7) is 2.57. The van der Waals surface area contributed by atoms with Crippen molar-refractivity contribution in [1.29, 1.82) is 0 Å². The molecule has 1 N–H and O–H groups in total. The first-order chi connectivity index (χ1) is 9.36. The molecule has 1 fully saturated rings. The lowest BCUT2D eigenvalue weighted by atomic mass is 9.92. The first-order valence-corrected chi connectivity index (χ1v) is 6.68. The highest BCUT2D eigenvalue weighted by Crippen LogP contribution is 2.23. The minimum Gasteiger partial charge on any atom is -0.481 e. The molecule has 7 heteroatoms. The Morgan fingerprint density at radius 1 is 1.40 bits per heavy atom. The van der Waals surface area contributed by atoms with Crippen molar-refractivity contribution >= 4 is 18.0 Å². The zero-order valence-electron chi connectivity index (χ0n) is 12.2. The Morgan fingerprint density at radius 2 is 2.05 bits per heavy atom. The van der Waals surface area contributed by atoms with Gasteiger partial charge in [-0.15, -0.1) is 0 Å². The van der Waals surface area contributed by atoms with E-state index in [2.05, 4.69) is 4.74 Å². The van der Waals surface area contributed by atoms with E-state index in [0.717, 1.165) is 0 Å². The molecular formula is C13H22N2O5. The molecule has 114 valence electrons. The van der Waals surface area contributed by atoms with Crippen molar-refractivity contribution < 1.29 is 24.2 Å². The number of carboxylic acids is 1. The lowest BCUT2D eigenvalue weighted by Crippen LogP contribution is -2.50. The minimum atomic E-state index is -0.803. The number of carbonyl (C=O) groups is 3. The van der Waals surface area contributed by atoms with E-state index in [-0.39, 0.29) is 36.9 Å². The number of carboxylic acid groups (broad SMARTS) is 1. The van der Waals surface area contributed by atoms with Crippen LogP contribution in [0, 0.1) is 5.92 Å². The fourth-order valence-electron chi connectivity index (χ4n) is 2.36. The standard InChI is InChI=1S/C13H22N2O5/c1-9-8-10(12(17)18)4-7-15(9)13(19)14(2)6-5-11(16)20-3/h9-10H,4-8H2,1-3H3,(H,17,18). The number of ether oxygens (including phenoxy) is 1. The normalized spacial score (nSPS) is 22.2. The fraction of sp³-hybridized carbons (Fsp3) is 0.769. The van der Waals surface area contributed by atoms with Crippen molar-refractivity contribution in [2.45, 2.75) is 32.2 Å². The number of nitrogens with zero attached hydrogens (tertiary/aromatic N) is 2. The number of hydrogen-bond donors (Lipinski definition) is 1. The predicted molar refractivity (Wildman–Crippen MR) is 71.2 cm³/mol. The van der Waals surface area contributed by atoms with Gasteiger partial charge in [0, 0.05) is 26.2 Å². The Morgan fingerprint density at radius 3 is 2.55 bits per heavy atom. The van der Waals surface area contributed by atoms with Crippen molar-refractivity contribution in [3.8, 4) is 0 Å². The van der Waals surface area contributed by atoms with Crippen molar-refractivity contribution in [3.05, 3.63) is 0 Å². The molecule has 2 atom stereocenters. The quantitative estimate of drug-likeness (QED) is 0.772. The molecule has 0 radical (unpaired) electrons. The Balaban J connectivity index is 2.51. The molecule has 2 amide bonds. The molecule has 20 heavy (non-hydrogen) atoms. The maximum absolute atomic E-state index is 12.2. The van der Waals surface area contributed by atoms with Gasteiger partial charge in [-0.25, -0.2) is 4.79 Å². The summed E-state index contributed by atoms with van der Waals surface area (Å²) >= 11 is 0. The van der Waals surface area contributed by atoms with Gasteiger partial charge in [0.2, 0.25) is 0 Å². The highest BCUT2D eigenvalue weighted by molar-refractivity contribution is 5.76. The number of piperidine rings is 1. The van der Waals surface area contributed by atoms with Crippen molar-refractivity contribution in [3.63, 3.8) is 0 Å². The van der Waals surface area contributed by atoms with Crippen LogP contribution in [0.15, 0.2) is 0 Å². The largest absolute Gasteiger partial charge is 0.481 e. The molecule has 1 rings (SSSR count). The summed E-state index contributed by atoms with van der Waals surface area (Å²) in [6.07, 6.45) is 1.08. The van der Waals surface area contributed by atoms with Crippen molar-refractivity contribution in [2.75, 3.05) is 27.2 Å². The van der Waals surface area contributed by atoms with Crippen molar-refractivity contribution in [1.82, 2.24) is 9.80 Å². The number of amides is 2. The summed E-state index contributed by atoms with van der Waals surface area (Å²) in [6, 6.07) is -0.289. The second kappa shape index (κ2) is 7.12. The predicted octanol–water partition coefficient (Wildman–Crippen LogP) is 0.786. The lowest BCUT2D eigenvalue weighted by molar-refractivity contribution is -0.144. The molecule has 2 unspecified atom stereocenters. The molecule has 0 spiro atoms. The number of hydrogen-bond acceptors (Lipinski definition) is 4. The summed E-state index contributed by atoms with van der Waals surface area (Å²) < 4.78 is 4.53. The first-order valence-electron chi connectivity index (χ1n) is 6.68. The van der Waals surface area contributed by atoms with Gasteiger partial charge < -0.3 is 19.6 Å². The zero-order valence-corrected chi connectivity index (χ0v) is 12.2. The highest BCUT2D eigenvalue weighted by atomic mass is 16.5. The minimum absolute atomic E-state index is 0.113. The Kier molecular flexibility index (Phi) is 5.79. The monoisotopic (exact) mass is 286 g/mol. The van der Waals surface area contributed by atoms with E-state index in [1.807, 2.05) is 6.92 Å². The van der Waals surface area contributed by atoms with E-state index in [0.29, 0.717) is 19.4 Å². The molecule has 1 heterocycles. The van der Waals surface area contributed by atoms with Gasteiger partial charge in [-0.1, -0.05) is 0 Å². The van der Waals surface area contributed by atoms with Crippen LogP contribution in [-0.4, -0.2) is 66.2 Å². The second-order valence-electron chi connectivity index (χ2n) is 5.13. The summed E-state index contributed by atoms with van der Waals surface area (Å²) in [7, 11) is 2.93. The Bertz CT molecular complexity index is 385. The van der Waals surface area contributed by atoms with E-state index < -0.39 is 5.97 Å². The van der Waals surface area contributed by atoms with Crippen LogP contribution in [-0.2, 0) is 14.3 Å². The second-order valence-corrected chi connectivity index (χ2v) is 5.13. The number of carbonyl (C=O) groups excluding carboxylic acids is 2. The number of likely N-dealkylation sites (tertiary alicyclic amines) is 1. The van der Waals surface area contributed by atoms with E-state index >= 15 is 0 Å². The van der Waals surface area contributed by atoms with Gasteiger partial charge in [-0.05, 0) is 19.8 Å². The number of methoxy groups -OCH3 is 1. The Labute approximate surface area is 118 Å². The highest BCUT2D eigenvalue weighted by Gasteiger charge is 2.33. The SMILES string of the molecule is COC(=O)CCN(C)C(=O)N1CCC(C(=O)O)CC1C. The molecule has 1 aliphatic rings. The van der Waals surface area contributed by atoms with E-state index in [1.165, 1.54) is 12.0 Å². The third-order valence-electron chi connectivity index (χ3n) is 3.68. The van der Waals surface area contributed by atoms with Crippen LogP contribution in [0.3, 0.4) is 0 Å². The smallest absolute Gasteiger partial charge is 0.319 e. The van der Waals surface area contributed by atoms with Gasteiger partial charge in [0.05, 0.1) is 19.4 Å². The van der Waals surface area contributed by atoms with Crippen LogP contribution in [0.1, 0.15) is 26.2 Å². The molecule has 0 aliphatic carbocycles. The van der Waals surface area contributed by atoms with Crippen LogP contribution >= 0.6 is 0 Å².